The number of carbonyl (C=O) groups excluding carboxylic acids is 2. The van der Waals surface area contributed by atoms with Crippen LogP contribution in [0, 0.1) is 5.82 Å². The van der Waals surface area contributed by atoms with Crippen molar-refractivity contribution in [2.24, 2.45) is 0 Å². The molecule has 0 aromatic heterocycles. The van der Waals surface area contributed by atoms with Gasteiger partial charge in [-0.05, 0) is 48.5 Å². The Hall–Kier alpha value is -2.93. The van der Waals surface area contributed by atoms with Crippen LogP contribution in [-0.2, 0) is 9.53 Å². The van der Waals surface area contributed by atoms with Crippen molar-refractivity contribution >= 4 is 11.9 Å². The van der Waals surface area contributed by atoms with Gasteiger partial charge in [0.05, 0.1) is 13.7 Å². The predicted octanol–water partition coefficient (Wildman–Crippen LogP) is 1.88. The maximum absolute atomic E-state index is 12.8. The molecule has 0 aliphatic carbocycles. The highest BCUT2D eigenvalue weighted by Gasteiger charge is 2.21. The van der Waals surface area contributed by atoms with Crippen molar-refractivity contribution in [2.45, 2.75) is 6.04 Å². The number of nitrogens with one attached hydrogen (secondary N) is 1. The van der Waals surface area contributed by atoms with Crippen LogP contribution in [-0.4, -0.2) is 36.7 Å². The van der Waals surface area contributed by atoms with Crippen LogP contribution in [0.1, 0.15) is 10.4 Å². The van der Waals surface area contributed by atoms with E-state index in [9.17, 15) is 14.0 Å². The summed E-state index contributed by atoms with van der Waals surface area (Å²) in [5.41, 5.74) is 0.281. The Morgan fingerprint density at radius 3 is 2.12 bits per heavy atom. The third kappa shape index (κ3) is 4.53. The molecular weight excluding hydrogens is 317 g/mol. The van der Waals surface area contributed by atoms with Gasteiger partial charge >= 0.3 is 5.97 Å². The lowest BCUT2D eigenvalue weighted by molar-refractivity contribution is -0.143. The molecule has 0 aliphatic rings. The maximum atomic E-state index is 12.8. The molecule has 24 heavy (non-hydrogen) atoms. The molecule has 6 nitrogen and oxygen atoms in total. The molecule has 0 spiro atoms. The lowest BCUT2D eigenvalue weighted by Gasteiger charge is -2.14. The SMILES string of the molecule is COC(=O)[C@H](CO)NC(=O)c1ccc(Oc2ccc(F)cc2)cc1. The van der Waals surface area contributed by atoms with Gasteiger partial charge in [-0.1, -0.05) is 0 Å². The van der Waals surface area contributed by atoms with Gasteiger partial charge in [-0.3, -0.25) is 4.79 Å². The minimum absolute atomic E-state index is 0.281. The Balaban J connectivity index is 2.01. The molecule has 0 bridgehead atoms. The first-order valence-corrected chi connectivity index (χ1v) is 7.06. The van der Waals surface area contributed by atoms with Gasteiger partial charge in [0.1, 0.15) is 17.3 Å². The minimum atomic E-state index is -1.13. The average Bonchev–Trinajstić information content (AvgIpc) is 2.61. The van der Waals surface area contributed by atoms with Gasteiger partial charge in [-0.2, -0.15) is 0 Å². The van der Waals surface area contributed by atoms with Gasteiger partial charge in [-0.15, -0.1) is 0 Å². The Morgan fingerprint density at radius 1 is 1.08 bits per heavy atom. The van der Waals surface area contributed by atoms with E-state index in [1.165, 1.54) is 43.5 Å². The van der Waals surface area contributed by atoms with E-state index in [1.807, 2.05) is 0 Å². The monoisotopic (exact) mass is 333 g/mol. The second kappa shape index (κ2) is 8.07. The molecule has 0 heterocycles. The average molecular weight is 333 g/mol. The molecule has 0 saturated carbocycles. The zero-order chi connectivity index (χ0) is 17.5. The van der Waals surface area contributed by atoms with Crippen LogP contribution in [0.4, 0.5) is 4.39 Å². The molecule has 2 rings (SSSR count). The number of carbonyl (C=O) groups is 2. The number of hydrogen-bond acceptors (Lipinski definition) is 5. The van der Waals surface area contributed by atoms with Gasteiger partial charge in [-0.25, -0.2) is 9.18 Å². The minimum Gasteiger partial charge on any atom is -0.467 e. The highest BCUT2D eigenvalue weighted by molar-refractivity contribution is 5.96. The molecule has 2 aromatic carbocycles. The van der Waals surface area contributed by atoms with Crippen LogP contribution in [0.3, 0.4) is 0 Å². The molecule has 0 unspecified atom stereocenters. The van der Waals surface area contributed by atoms with Crippen molar-refractivity contribution in [3.05, 3.63) is 59.9 Å². The lowest BCUT2D eigenvalue weighted by Crippen LogP contribution is -2.44. The number of amides is 1. The number of rotatable bonds is 6. The van der Waals surface area contributed by atoms with Crippen LogP contribution in [0.15, 0.2) is 48.5 Å². The first-order chi connectivity index (χ1) is 11.5. The van der Waals surface area contributed by atoms with E-state index < -0.39 is 24.5 Å². The van der Waals surface area contributed by atoms with E-state index in [-0.39, 0.29) is 11.4 Å². The van der Waals surface area contributed by atoms with Crippen molar-refractivity contribution in [3.8, 4) is 11.5 Å². The largest absolute Gasteiger partial charge is 0.467 e. The summed E-state index contributed by atoms with van der Waals surface area (Å²) in [6.07, 6.45) is 0. The van der Waals surface area contributed by atoms with Gasteiger partial charge in [0.25, 0.3) is 5.91 Å². The fourth-order valence-corrected chi connectivity index (χ4v) is 1.88. The fraction of sp³-hybridized carbons (Fsp3) is 0.176. The summed E-state index contributed by atoms with van der Waals surface area (Å²) in [4.78, 5) is 23.4. The number of benzene rings is 2. The Morgan fingerprint density at radius 2 is 1.62 bits per heavy atom. The van der Waals surface area contributed by atoms with E-state index in [2.05, 4.69) is 10.1 Å². The molecule has 7 heteroatoms. The van der Waals surface area contributed by atoms with Crippen molar-refractivity contribution in [2.75, 3.05) is 13.7 Å². The lowest BCUT2D eigenvalue weighted by atomic mass is 10.2. The second-order valence-electron chi connectivity index (χ2n) is 4.81. The van der Waals surface area contributed by atoms with Crippen LogP contribution in [0.25, 0.3) is 0 Å². The summed E-state index contributed by atoms with van der Waals surface area (Å²) in [6, 6.07) is 10.5. The summed E-state index contributed by atoms with van der Waals surface area (Å²) < 4.78 is 22.8. The fourth-order valence-electron chi connectivity index (χ4n) is 1.88. The van der Waals surface area contributed by atoms with Crippen molar-refractivity contribution in [3.63, 3.8) is 0 Å². The molecular formula is C17H16FNO5. The van der Waals surface area contributed by atoms with Gasteiger partial charge < -0.3 is 19.9 Å². The third-order valence-electron chi connectivity index (χ3n) is 3.14. The van der Waals surface area contributed by atoms with Crippen LogP contribution in [0.5, 0.6) is 11.5 Å². The number of aliphatic hydroxyl groups excluding tert-OH is 1. The van der Waals surface area contributed by atoms with Gasteiger partial charge in [0.2, 0.25) is 0 Å². The zero-order valence-corrected chi connectivity index (χ0v) is 12.9. The predicted molar refractivity (Wildman–Crippen MR) is 83.3 cm³/mol. The smallest absolute Gasteiger partial charge is 0.330 e. The van der Waals surface area contributed by atoms with Gasteiger partial charge in [0, 0.05) is 5.56 Å². The Kier molecular flexibility index (Phi) is 5.86. The third-order valence-corrected chi connectivity index (χ3v) is 3.14. The van der Waals surface area contributed by atoms with Crippen molar-refractivity contribution in [1.82, 2.24) is 5.32 Å². The summed E-state index contributed by atoms with van der Waals surface area (Å²) in [6.45, 7) is -0.565. The normalized spacial score (nSPS) is 11.5. The van der Waals surface area contributed by atoms with E-state index in [1.54, 1.807) is 12.1 Å². The van der Waals surface area contributed by atoms with Crippen molar-refractivity contribution in [1.29, 1.82) is 0 Å². The standard InChI is InChI=1S/C17H16FNO5/c1-23-17(22)15(10-20)19-16(21)11-2-6-13(7-3-11)24-14-8-4-12(18)5-9-14/h2-9,15,20H,10H2,1H3,(H,19,21)/t15-/m0/s1. The number of hydrogen-bond donors (Lipinski definition) is 2. The molecule has 0 fully saturated rings. The number of methoxy groups -OCH3 is 1. The Labute approximate surface area is 137 Å². The number of halogens is 1. The molecule has 2 aromatic rings. The molecule has 0 radical (unpaired) electrons. The van der Waals surface area contributed by atoms with Gasteiger partial charge in [0.15, 0.2) is 6.04 Å². The molecule has 1 amide bonds. The highest BCUT2D eigenvalue weighted by atomic mass is 19.1. The quantitative estimate of drug-likeness (QED) is 0.789. The summed E-state index contributed by atoms with van der Waals surface area (Å²) >= 11 is 0. The summed E-state index contributed by atoms with van der Waals surface area (Å²) in [7, 11) is 1.17. The van der Waals surface area contributed by atoms with Crippen LogP contribution >= 0.6 is 0 Å². The number of aliphatic hydroxyl groups is 1. The number of ether oxygens (including phenoxy) is 2. The first kappa shape index (κ1) is 17.4. The summed E-state index contributed by atoms with van der Waals surface area (Å²) in [5, 5.41) is 11.5. The van der Waals surface area contributed by atoms with E-state index in [4.69, 9.17) is 9.84 Å². The zero-order valence-electron chi connectivity index (χ0n) is 12.9. The second-order valence-corrected chi connectivity index (χ2v) is 4.81. The van der Waals surface area contributed by atoms with Crippen LogP contribution in [0.2, 0.25) is 0 Å². The van der Waals surface area contributed by atoms with Crippen molar-refractivity contribution < 1.29 is 28.6 Å². The van der Waals surface area contributed by atoms with E-state index in [0.717, 1.165) is 0 Å². The maximum Gasteiger partial charge on any atom is 0.330 e. The Bertz CT molecular complexity index is 700. The molecule has 0 aliphatic heterocycles. The first-order valence-electron chi connectivity index (χ1n) is 7.06. The van der Waals surface area contributed by atoms with E-state index >= 15 is 0 Å². The molecule has 126 valence electrons. The summed E-state index contributed by atoms with van der Waals surface area (Å²) in [5.74, 6) is -0.710. The number of esters is 1. The molecule has 2 N–H and O–H groups in total. The van der Waals surface area contributed by atoms with E-state index in [0.29, 0.717) is 11.5 Å². The molecule has 0 saturated heterocycles. The van der Waals surface area contributed by atoms with Crippen LogP contribution < -0.4 is 10.1 Å². The highest BCUT2D eigenvalue weighted by Crippen LogP contribution is 2.21. The topological polar surface area (TPSA) is 84.9 Å². The molecule has 1 atom stereocenters.